The Morgan fingerprint density at radius 3 is 3.05 bits per heavy atom. The lowest BCUT2D eigenvalue weighted by molar-refractivity contribution is 0.593. The molecule has 1 N–H and O–H groups in total. The predicted octanol–water partition coefficient (Wildman–Crippen LogP) is 2.92. The molecule has 0 amide bonds. The molecule has 3 rings (SSSR count). The molecule has 1 aliphatic heterocycles. The Labute approximate surface area is 133 Å². The molecule has 5 nitrogen and oxygen atoms in total. The third kappa shape index (κ3) is 2.97. The molecule has 7 heteroatoms. The van der Waals surface area contributed by atoms with Crippen molar-refractivity contribution in [2.75, 3.05) is 23.3 Å². The van der Waals surface area contributed by atoms with Crippen LogP contribution in [0, 0.1) is 5.82 Å². The van der Waals surface area contributed by atoms with E-state index in [1.165, 1.54) is 6.33 Å². The topological polar surface area (TPSA) is 53.9 Å². The number of aryl methyl sites for hydroxylation is 1. The number of aromatic nitrogens is 3. The van der Waals surface area contributed by atoms with E-state index in [0.29, 0.717) is 23.7 Å². The van der Waals surface area contributed by atoms with Crippen LogP contribution in [0.3, 0.4) is 0 Å². The largest absolute Gasteiger partial charge is 0.363 e. The summed E-state index contributed by atoms with van der Waals surface area (Å²) in [4.78, 5) is 14.4. The third-order valence-corrected chi connectivity index (χ3v) is 4.06. The number of nitrogens with zero attached hydrogens (tertiary/aromatic N) is 4. The van der Waals surface area contributed by atoms with Gasteiger partial charge in [0.25, 0.3) is 0 Å². The summed E-state index contributed by atoms with van der Waals surface area (Å²) in [5.74, 6) is 0.677. The zero-order chi connectivity index (χ0) is 15.5. The second-order valence-corrected chi connectivity index (χ2v) is 5.63. The van der Waals surface area contributed by atoms with Crippen molar-refractivity contribution in [1.29, 1.82) is 0 Å². The Kier molecular flexibility index (Phi) is 4.38. The molecule has 116 valence electrons. The van der Waals surface area contributed by atoms with E-state index in [0.717, 1.165) is 18.8 Å². The maximum atomic E-state index is 14.2. The monoisotopic (exact) mass is 321 g/mol. The molecule has 2 aromatic heterocycles. The van der Waals surface area contributed by atoms with Gasteiger partial charge in [-0.15, -0.1) is 0 Å². The van der Waals surface area contributed by atoms with E-state index in [2.05, 4.69) is 25.2 Å². The minimum absolute atomic E-state index is 0.104. The Balaban J connectivity index is 1.70. The Bertz CT molecular complexity index is 666. The van der Waals surface area contributed by atoms with E-state index < -0.39 is 0 Å². The van der Waals surface area contributed by atoms with E-state index in [9.17, 15) is 4.39 Å². The SMILES string of the molecule is CCc1ncnc(NC2CCN(c3ncccc3Cl)C2)c1F. The fourth-order valence-electron chi connectivity index (χ4n) is 2.63. The van der Waals surface area contributed by atoms with E-state index in [1.807, 2.05) is 13.0 Å². The highest BCUT2D eigenvalue weighted by molar-refractivity contribution is 6.32. The zero-order valence-corrected chi connectivity index (χ0v) is 13.0. The molecule has 0 aliphatic carbocycles. The molecule has 1 aliphatic rings. The molecule has 0 bridgehead atoms. The van der Waals surface area contributed by atoms with Crippen LogP contribution in [-0.4, -0.2) is 34.1 Å². The van der Waals surface area contributed by atoms with Crippen molar-refractivity contribution in [3.63, 3.8) is 0 Å². The third-order valence-electron chi connectivity index (χ3n) is 3.76. The summed E-state index contributed by atoms with van der Waals surface area (Å²) in [5.41, 5.74) is 0.431. The van der Waals surface area contributed by atoms with Crippen molar-refractivity contribution in [1.82, 2.24) is 15.0 Å². The number of halogens is 2. The molecular weight excluding hydrogens is 305 g/mol. The highest BCUT2D eigenvalue weighted by Gasteiger charge is 2.26. The van der Waals surface area contributed by atoms with Crippen LogP contribution in [0.15, 0.2) is 24.7 Å². The molecule has 1 saturated heterocycles. The van der Waals surface area contributed by atoms with Crippen LogP contribution >= 0.6 is 11.6 Å². The van der Waals surface area contributed by atoms with Crippen LogP contribution in [-0.2, 0) is 6.42 Å². The van der Waals surface area contributed by atoms with Gasteiger partial charge in [0.05, 0.1) is 10.7 Å². The van der Waals surface area contributed by atoms with Crippen molar-refractivity contribution >= 4 is 23.2 Å². The first-order valence-corrected chi connectivity index (χ1v) is 7.68. The number of rotatable bonds is 4. The van der Waals surface area contributed by atoms with Crippen LogP contribution < -0.4 is 10.2 Å². The van der Waals surface area contributed by atoms with Gasteiger partial charge in [0.2, 0.25) is 0 Å². The van der Waals surface area contributed by atoms with Gasteiger partial charge in [0, 0.05) is 25.3 Å². The predicted molar refractivity (Wildman–Crippen MR) is 84.9 cm³/mol. The lowest BCUT2D eigenvalue weighted by atomic mass is 10.2. The Hall–Kier alpha value is -1.95. The van der Waals surface area contributed by atoms with Crippen molar-refractivity contribution < 1.29 is 4.39 Å². The summed E-state index contributed by atoms with van der Waals surface area (Å²) in [6, 6.07) is 3.73. The van der Waals surface area contributed by atoms with Gasteiger partial charge in [0.15, 0.2) is 11.6 Å². The van der Waals surface area contributed by atoms with Crippen molar-refractivity contribution in [2.45, 2.75) is 25.8 Å². The molecule has 1 unspecified atom stereocenters. The van der Waals surface area contributed by atoms with E-state index in [4.69, 9.17) is 11.6 Å². The summed E-state index contributed by atoms with van der Waals surface area (Å²) < 4.78 is 14.2. The van der Waals surface area contributed by atoms with Gasteiger partial charge >= 0.3 is 0 Å². The summed E-state index contributed by atoms with van der Waals surface area (Å²) >= 11 is 6.17. The summed E-state index contributed by atoms with van der Waals surface area (Å²) in [6.07, 6.45) is 4.54. The number of nitrogens with one attached hydrogen (secondary N) is 1. The minimum atomic E-state index is -0.362. The fraction of sp³-hybridized carbons (Fsp3) is 0.400. The maximum Gasteiger partial charge on any atom is 0.186 e. The minimum Gasteiger partial charge on any atom is -0.363 e. The van der Waals surface area contributed by atoms with Gasteiger partial charge in [-0.2, -0.15) is 0 Å². The molecule has 0 radical (unpaired) electrons. The molecule has 1 atom stereocenters. The van der Waals surface area contributed by atoms with Crippen molar-refractivity contribution in [3.05, 3.63) is 41.2 Å². The average molecular weight is 322 g/mol. The molecule has 2 aromatic rings. The van der Waals surface area contributed by atoms with E-state index in [1.54, 1.807) is 12.3 Å². The first kappa shape index (κ1) is 15.0. The lowest BCUT2D eigenvalue weighted by Gasteiger charge is -2.19. The highest BCUT2D eigenvalue weighted by Crippen LogP contribution is 2.27. The maximum absolute atomic E-state index is 14.2. The summed E-state index contributed by atoms with van der Waals surface area (Å²) in [7, 11) is 0. The first-order valence-electron chi connectivity index (χ1n) is 7.30. The van der Waals surface area contributed by atoms with Crippen molar-refractivity contribution in [3.8, 4) is 0 Å². The number of anilines is 2. The smallest absolute Gasteiger partial charge is 0.186 e. The normalized spacial score (nSPS) is 17.8. The van der Waals surface area contributed by atoms with Gasteiger partial charge in [0.1, 0.15) is 12.1 Å². The van der Waals surface area contributed by atoms with Gasteiger partial charge in [-0.05, 0) is 25.0 Å². The zero-order valence-electron chi connectivity index (χ0n) is 12.3. The van der Waals surface area contributed by atoms with E-state index in [-0.39, 0.29) is 17.7 Å². The molecule has 0 aromatic carbocycles. The first-order chi connectivity index (χ1) is 10.7. The fourth-order valence-corrected chi connectivity index (χ4v) is 2.87. The molecule has 1 fully saturated rings. The van der Waals surface area contributed by atoms with Crippen LogP contribution in [0.5, 0.6) is 0 Å². The summed E-state index contributed by atoms with van der Waals surface area (Å²) in [5, 5.41) is 3.79. The number of hydrogen-bond donors (Lipinski definition) is 1. The van der Waals surface area contributed by atoms with Gasteiger partial charge < -0.3 is 10.2 Å². The number of pyridine rings is 1. The lowest BCUT2D eigenvalue weighted by Crippen LogP contribution is -2.27. The Morgan fingerprint density at radius 2 is 2.27 bits per heavy atom. The molecule has 0 saturated carbocycles. The van der Waals surface area contributed by atoms with Crippen LogP contribution in [0.2, 0.25) is 5.02 Å². The Morgan fingerprint density at radius 1 is 1.41 bits per heavy atom. The molecule has 0 spiro atoms. The van der Waals surface area contributed by atoms with Crippen LogP contribution in [0.25, 0.3) is 0 Å². The van der Waals surface area contributed by atoms with E-state index >= 15 is 0 Å². The quantitative estimate of drug-likeness (QED) is 0.938. The standard InChI is InChI=1S/C15H17ClFN5/c1-2-12-13(17)14(20-9-19-12)21-10-5-7-22(8-10)15-11(16)4-3-6-18-15/h3-4,6,9-10H,2,5,7-8H2,1H3,(H,19,20,21). The van der Waals surface area contributed by atoms with Crippen molar-refractivity contribution in [2.24, 2.45) is 0 Å². The second-order valence-electron chi connectivity index (χ2n) is 5.22. The summed E-state index contributed by atoms with van der Waals surface area (Å²) in [6.45, 7) is 3.40. The second kappa shape index (κ2) is 6.44. The van der Waals surface area contributed by atoms with Gasteiger partial charge in [-0.1, -0.05) is 18.5 Å². The number of hydrogen-bond acceptors (Lipinski definition) is 5. The molecule has 3 heterocycles. The van der Waals surface area contributed by atoms with Crippen LogP contribution in [0.1, 0.15) is 19.0 Å². The molecular formula is C15H17ClFN5. The molecule has 22 heavy (non-hydrogen) atoms. The highest BCUT2D eigenvalue weighted by atomic mass is 35.5. The van der Waals surface area contributed by atoms with Gasteiger partial charge in [-0.25, -0.2) is 19.3 Å². The van der Waals surface area contributed by atoms with Gasteiger partial charge in [-0.3, -0.25) is 0 Å². The average Bonchev–Trinajstić information content (AvgIpc) is 2.98. The van der Waals surface area contributed by atoms with Crippen LogP contribution in [0.4, 0.5) is 16.0 Å².